The molecule has 58 heavy (non-hydrogen) atoms. The summed E-state index contributed by atoms with van der Waals surface area (Å²) in [5.74, 6) is -2.24. The van der Waals surface area contributed by atoms with Crippen LogP contribution >= 0.6 is 0 Å². The van der Waals surface area contributed by atoms with Crippen molar-refractivity contribution in [3.05, 3.63) is 29.8 Å². The van der Waals surface area contributed by atoms with Crippen LogP contribution in [0.5, 0.6) is 11.6 Å². The van der Waals surface area contributed by atoms with Gasteiger partial charge in [0, 0.05) is 23.4 Å². The molecule has 14 nitrogen and oxygen atoms in total. The number of sulfonamides is 1. The van der Waals surface area contributed by atoms with E-state index in [2.05, 4.69) is 10.6 Å². The van der Waals surface area contributed by atoms with Gasteiger partial charge in [-0.25, -0.2) is 27.0 Å². The molecule has 3 N–H and O–H groups in total. The summed E-state index contributed by atoms with van der Waals surface area (Å²) >= 11 is 0. The number of alkyl halides is 2. The molecule has 17 heteroatoms. The normalized spacial score (nSPS) is 32.7. The van der Waals surface area contributed by atoms with Crippen LogP contribution in [-0.2, 0) is 35.6 Å². The van der Waals surface area contributed by atoms with E-state index in [9.17, 15) is 36.4 Å². The number of halogens is 2. The summed E-state index contributed by atoms with van der Waals surface area (Å²) in [6, 6.07) is 5.05. The van der Waals surface area contributed by atoms with E-state index in [1.807, 2.05) is 22.9 Å². The maximum absolute atomic E-state index is 14.8. The van der Waals surface area contributed by atoms with Gasteiger partial charge in [-0.05, 0) is 92.7 Å². The minimum atomic E-state index is -4.13. The lowest BCUT2D eigenvalue weighted by Gasteiger charge is -2.36. The fourth-order valence-electron chi connectivity index (χ4n) is 9.48. The molecule has 5 fully saturated rings. The second kappa shape index (κ2) is 15.1. The number of aromatic nitrogens is 1. The molecule has 1 aromatic carbocycles. The second-order valence-corrected chi connectivity index (χ2v) is 20.3. The number of hydrogen-bond donors (Lipinski definition) is 3. The minimum Gasteiger partial charge on any atom is -0.497 e. The monoisotopic (exact) mass is 829 g/mol. The number of pyridine rings is 1. The summed E-state index contributed by atoms with van der Waals surface area (Å²) in [4.78, 5) is 62.3. The van der Waals surface area contributed by atoms with Crippen LogP contribution in [0.4, 0.5) is 13.6 Å². The zero-order chi connectivity index (χ0) is 41.3. The Balaban J connectivity index is 1.13. The Morgan fingerprint density at radius 2 is 1.81 bits per heavy atom. The summed E-state index contributed by atoms with van der Waals surface area (Å²) in [6.45, 7) is 5.17. The molecule has 1 unspecified atom stereocenters. The first-order valence-electron chi connectivity index (χ1n) is 20.6. The molecule has 8 rings (SSSR count). The number of carbonyl (C=O) groups is 4. The third kappa shape index (κ3) is 8.03. The van der Waals surface area contributed by atoms with Gasteiger partial charge < -0.3 is 29.7 Å². The van der Waals surface area contributed by atoms with Gasteiger partial charge in [-0.15, -0.1) is 0 Å². The highest BCUT2D eigenvalue weighted by atomic mass is 32.2. The number of alkyl carbamates (subject to hydrolysis) is 1. The van der Waals surface area contributed by atoms with E-state index < -0.39 is 87.0 Å². The standard InChI is InChI=1S/C41H53F2N5O9S/c1-40(2,3)33-37(50)48-20-25(18-31(48)35(49)46-41(19-29(41)34(42)43)38(51)47-58(53,54)26-12-13-26)56-36-22(14-21-10-11-24(55-4)17-30(21)44-36)8-6-5-7-9-27-28-15-23(28)16-32(27)57-39(52)45-33/h10-11,14,17,23,25-29,31-34H,5-9,12-13,15-16,18-20H2,1-4H3,(H,45,52)(H,46,49)(H,47,51)/t23-,25?,27+,28-,29-,31-,32+,33+,41+/m0/s1. The van der Waals surface area contributed by atoms with Crippen molar-refractivity contribution in [1.29, 1.82) is 0 Å². The van der Waals surface area contributed by atoms with Crippen LogP contribution < -0.4 is 24.8 Å². The molecule has 4 saturated carbocycles. The van der Waals surface area contributed by atoms with E-state index in [4.69, 9.17) is 19.2 Å². The number of methoxy groups -OCH3 is 1. The van der Waals surface area contributed by atoms with E-state index in [1.54, 1.807) is 33.9 Å². The molecule has 1 aromatic heterocycles. The molecule has 6 aliphatic rings. The number of carbonyl (C=O) groups excluding carboxylic acids is 4. The molecule has 2 aliphatic heterocycles. The summed E-state index contributed by atoms with van der Waals surface area (Å²) in [7, 11) is -2.57. The van der Waals surface area contributed by atoms with Crippen molar-refractivity contribution in [3.63, 3.8) is 0 Å². The fourth-order valence-corrected chi connectivity index (χ4v) is 10.8. The lowest BCUT2D eigenvalue weighted by Crippen LogP contribution is -2.60. The molecule has 0 spiro atoms. The van der Waals surface area contributed by atoms with Crippen LogP contribution in [0.1, 0.15) is 90.5 Å². The molecule has 4 aliphatic carbocycles. The number of ether oxygens (including phenoxy) is 3. The average Bonchev–Trinajstić information content (AvgIpc) is 4.10. The highest BCUT2D eigenvalue weighted by molar-refractivity contribution is 7.91. The van der Waals surface area contributed by atoms with Gasteiger partial charge in [0.2, 0.25) is 34.1 Å². The average molecular weight is 830 g/mol. The molecule has 316 valence electrons. The van der Waals surface area contributed by atoms with Crippen LogP contribution in [0.2, 0.25) is 0 Å². The Morgan fingerprint density at radius 3 is 2.50 bits per heavy atom. The van der Waals surface area contributed by atoms with Crippen LogP contribution in [0, 0.1) is 29.1 Å². The topological polar surface area (TPSA) is 182 Å². The van der Waals surface area contributed by atoms with Crippen molar-refractivity contribution in [1.82, 2.24) is 25.2 Å². The first-order chi connectivity index (χ1) is 27.5. The lowest BCUT2D eigenvalue weighted by atomic mass is 9.85. The Hall–Kier alpha value is -4.28. The molecule has 4 amide bonds. The molecule has 2 aromatic rings. The largest absolute Gasteiger partial charge is 0.497 e. The molecule has 3 heterocycles. The number of aryl methyl sites for hydroxylation is 1. The lowest BCUT2D eigenvalue weighted by molar-refractivity contribution is -0.143. The molecule has 9 atom stereocenters. The predicted molar refractivity (Wildman–Crippen MR) is 206 cm³/mol. The van der Waals surface area contributed by atoms with Crippen LogP contribution in [0.15, 0.2) is 24.3 Å². The van der Waals surface area contributed by atoms with E-state index in [0.29, 0.717) is 48.2 Å². The Labute approximate surface area is 336 Å². The van der Waals surface area contributed by atoms with Gasteiger partial charge in [0.15, 0.2) is 0 Å². The molecule has 2 bridgehead atoms. The first kappa shape index (κ1) is 40.5. The van der Waals surface area contributed by atoms with Gasteiger partial charge >= 0.3 is 6.09 Å². The minimum absolute atomic E-state index is 0.111. The molecule has 0 radical (unpaired) electrons. The SMILES string of the molecule is COc1ccc2cc3c(nc2c1)OC1C[C@@H](C(=O)N[C@]2(C(=O)NS(=O)(=O)C4CC4)C[C@H]2C(F)F)N(C1)C(=O)[C@H](C(C)(C)C)NC(=O)O[C@@H]1C[C@@H]2C[C@@H]2[C@H]1CCCCC3. The zero-order valence-electron chi connectivity index (χ0n) is 33.3. The Morgan fingerprint density at radius 1 is 1.03 bits per heavy atom. The fraction of sp³-hybridized carbons (Fsp3) is 0.683. The van der Waals surface area contributed by atoms with Crippen LogP contribution in [0.25, 0.3) is 10.9 Å². The highest BCUT2D eigenvalue weighted by Gasteiger charge is 2.67. The van der Waals surface area contributed by atoms with Gasteiger partial charge in [-0.2, -0.15) is 0 Å². The van der Waals surface area contributed by atoms with E-state index in [1.165, 1.54) is 4.90 Å². The number of nitrogens with one attached hydrogen (secondary N) is 3. The Bertz CT molecular complexity index is 2090. The number of nitrogens with zero attached hydrogens (tertiary/aromatic N) is 2. The maximum atomic E-state index is 14.8. The van der Waals surface area contributed by atoms with Crippen molar-refractivity contribution in [3.8, 4) is 11.6 Å². The number of rotatable bonds is 7. The quantitative estimate of drug-likeness (QED) is 0.356. The maximum Gasteiger partial charge on any atom is 0.408 e. The summed E-state index contributed by atoms with van der Waals surface area (Å²) in [5, 5.41) is 5.35. The smallest absolute Gasteiger partial charge is 0.408 e. The van der Waals surface area contributed by atoms with Crippen molar-refractivity contribution in [2.45, 2.75) is 133 Å². The van der Waals surface area contributed by atoms with Gasteiger partial charge in [0.1, 0.15) is 35.6 Å². The second-order valence-electron chi connectivity index (χ2n) is 18.3. The van der Waals surface area contributed by atoms with Crippen molar-refractivity contribution in [2.24, 2.45) is 29.1 Å². The Kier molecular flexibility index (Phi) is 10.5. The van der Waals surface area contributed by atoms with E-state index in [0.717, 1.165) is 49.5 Å². The van der Waals surface area contributed by atoms with Crippen molar-refractivity contribution < 1.29 is 50.6 Å². The number of benzene rings is 1. The van der Waals surface area contributed by atoms with Crippen LogP contribution in [-0.4, -0.2) is 97.3 Å². The first-order valence-corrected chi connectivity index (χ1v) is 22.1. The van der Waals surface area contributed by atoms with E-state index >= 15 is 0 Å². The number of hydrogen-bond acceptors (Lipinski definition) is 10. The summed E-state index contributed by atoms with van der Waals surface area (Å²) in [5.41, 5.74) is -1.62. The van der Waals surface area contributed by atoms with Crippen LogP contribution in [0.3, 0.4) is 0 Å². The molecular formula is C41H53F2N5O9S. The third-order valence-corrected chi connectivity index (χ3v) is 14.9. The summed E-state index contributed by atoms with van der Waals surface area (Å²) < 4.78 is 73.9. The van der Waals surface area contributed by atoms with Crippen molar-refractivity contribution in [2.75, 3.05) is 13.7 Å². The molecular weight excluding hydrogens is 777 g/mol. The summed E-state index contributed by atoms with van der Waals surface area (Å²) in [6.07, 6.45) is 1.40. The number of amides is 4. The zero-order valence-corrected chi connectivity index (χ0v) is 34.1. The van der Waals surface area contributed by atoms with Gasteiger partial charge in [-0.3, -0.25) is 19.1 Å². The third-order valence-electron chi connectivity index (χ3n) is 13.1. The molecule has 1 saturated heterocycles. The van der Waals surface area contributed by atoms with Gasteiger partial charge in [0.05, 0.1) is 30.3 Å². The van der Waals surface area contributed by atoms with Gasteiger partial charge in [-0.1, -0.05) is 33.6 Å². The highest BCUT2D eigenvalue weighted by Crippen LogP contribution is 2.58. The number of fused-ring (bicyclic) bond motifs is 7. The van der Waals surface area contributed by atoms with Gasteiger partial charge in [0.25, 0.3) is 5.91 Å². The van der Waals surface area contributed by atoms with Crippen molar-refractivity contribution >= 4 is 44.7 Å². The predicted octanol–water partition coefficient (Wildman–Crippen LogP) is 4.62. The van der Waals surface area contributed by atoms with E-state index in [-0.39, 0.29) is 25.0 Å².